The SMILES string of the molecule is N#Cc1c(N)cc(N)nc1NCCO. The lowest BCUT2D eigenvalue weighted by molar-refractivity contribution is 0.311. The van der Waals surface area contributed by atoms with Crippen molar-refractivity contribution in [3.05, 3.63) is 11.6 Å². The van der Waals surface area contributed by atoms with Gasteiger partial charge in [-0.15, -0.1) is 0 Å². The van der Waals surface area contributed by atoms with E-state index in [1.165, 1.54) is 6.07 Å². The van der Waals surface area contributed by atoms with Crippen molar-refractivity contribution in [1.29, 1.82) is 5.26 Å². The third kappa shape index (κ3) is 2.02. The molecule has 0 fully saturated rings. The highest BCUT2D eigenvalue weighted by molar-refractivity contribution is 5.69. The Hall–Kier alpha value is -2.00. The molecule has 6 N–H and O–H groups in total. The molecule has 0 aromatic carbocycles. The number of anilines is 3. The largest absolute Gasteiger partial charge is 0.397 e. The number of aromatic nitrogens is 1. The van der Waals surface area contributed by atoms with E-state index in [9.17, 15) is 0 Å². The first-order valence-electron chi connectivity index (χ1n) is 4.00. The first-order valence-corrected chi connectivity index (χ1v) is 4.00. The zero-order chi connectivity index (χ0) is 10.6. The number of nitriles is 1. The second-order valence-corrected chi connectivity index (χ2v) is 2.62. The van der Waals surface area contributed by atoms with Crippen LogP contribution in [0.3, 0.4) is 0 Å². The fourth-order valence-electron chi connectivity index (χ4n) is 1.01. The van der Waals surface area contributed by atoms with Crippen molar-refractivity contribution in [2.75, 3.05) is 29.9 Å². The Morgan fingerprint density at radius 1 is 1.57 bits per heavy atom. The Bertz CT molecular complexity index is 371. The van der Waals surface area contributed by atoms with E-state index in [-0.39, 0.29) is 23.7 Å². The number of nitrogen functional groups attached to an aromatic ring is 2. The Kier molecular flexibility index (Phi) is 3.09. The third-order valence-electron chi connectivity index (χ3n) is 1.59. The molecule has 1 heterocycles. The summed E-state index contributed by atoms with van der Waals surface area (Å²) in [6, 6.07) is 3.33. The lowest BCUT2D eigenvalue weighted by Gasteiger charge is -2.08. The summed E-state index contributed by atoms with van der Waals surface area (Å²) in [5, 5.41) is 20.1. The lowest BCUT2D eigenvalue weighted by Crippen LogP contribution is -2.10. The summed E-state index contributed by atoms with van der Waals surface area (Å²) in [4.78, 5) is 3.90. The minimum Gasteiger partial charge on any atom is -0.397 e. The van der Waals surface area contributed by atoms with Gasteiger partial charge in [0.2, 0.25) is 0 Å². The van der Waals surface area contributed by atoms with Gasteiger partial charge in [-0.1, -0.05) is 0 Å². The number of rotatable bonds is 3. The molecule has 74 valence electrons. The third-order valence-corrected chi connectivity index (χ3v) is 1.59. The number of aliphatic hydroxyl groups is 1. The fraction of sp³-hybridized carbons (Fsp3) is 0.250. The molecule has 0 amide bonds. The van der Waals surface area contributed by atoms with Gasteiger partial charge < -0.3 is 21.9 Å². The Morgan fingerprint density at radius 2 is 2.29 bits per heavy atom. The van der Waals surface area contributed by atoms with Crippen LogP contribution in [0.25, 0.3) is 0 Å². The molecule has 0 saturated carbocycles. The van der Waals surface area contributed by atoms with Crippen LogP contribution in [0.5, 0.6) is 0 Å². The number of hydrogen-bond acceptors (Lipinski definition) is 6. The van der Waals surface area contributed by atoms with Crippen LogP contribution in [0.1, 0.15) is 5.56 Å². The second kappa shape index (κ2) is 4.30. The van der Waals surface area contributed by atoms with E-state index in [0.29, 0.717) is 12.4 Å². The van der Waals surface area contributed by atoms with Gasteiger partial charge in [0.05, 0.1) is 12.3 Å². The van der Waals surface area contributed by atoms with Gasteiger partial charge in [0.25, 0.3) is 0 Å². The van der Waals surface area contributed by atoms with Crippen molar-refractivity contribution in [3.63, 3.8) is 0 Å². The lowest BCUT2D eigenvalue weighted by atomic mass is 10.2. The number of pyridine rings is 1. The summed E-state index contributed by atoms with van der Waals surface area (Å²) in [5.74, 6) is 0.543. The van der Waals surface area contributed by atoms with Gasteiger partial charge in [0, 0.05) is 12.6 Å². The fourth-order valence-corrected chi connectivity index (χ4v) is 1.01. The molecule has 0 atom stereocenters. The Labute approximate surface area is 81.2 Å². The van der Waals surface area contributed by atoms with Crippen LogP contribution >= 0.6 is 0 Å². The molecule has 0 saturated heterocycles. The maximum absolute atomic E-state index is 8.78. The molecule has 0 aliphatic carbocycles. The summed E-state index contributed by atoms with van der Waals surface area (Å²) >= 11 is 0. The molecule has 6 nitrogen and oxygen atoms in total. The second-order valence-electron chi connectivity index (χ2n) is 2.62. The highest BCUT2D eigenvalue weighted by atomic mass is 16.3. The zero-order valence-corrected chi connectivity index (χ0v) is 7.49. The van der Waals surface area contributed by atoms with Gasteiger partial charge in [-0.25, -0.2) is 4.98 Å². The van der Waals surface area contributed by atoms with Crippen molar-refractivity contribution in [1.82, 2.24) is 4.98 Å². The first-order chi connectivity index (χ1) is 6.69. The highest BCUT2D eigenvalue weighted by Gasteiger charge is 2.08. The number of nitrogens with zero attached hydrogens (tertiary/aromatic N) is 2. The number of aliphatic hydroxyl groups excluding tert-OH is 1. The molecule has 1 aromatic rings. The van der Waals surface area contributed by atoms with Gasteiger partial charge in [0.1, 0.15) is 23.3 Å². The van der Waals surface area contributed by atoms with Crippen molar-refractivity contribution in [2.24, 2.45) is 0 Å². The van der Waals surface area contributed by atoms with E-state index in [1.54, 1.807) is 0 Å². The molecule has 1 aromatic heterocycles. The summed E-state index contributed by atoms with van der Waals surface area (Å²) in [6.07, 6.45) is 0. The van der Waals surface area contributed by atoms with Gasteiger partial charge in [-0.3, -0.25) is 0 Å². The van der Waals surface area contributed by atoms with Gasteiger partial charge in [0.15, 0.2) is 0 Å². The normalized spacial score (nSPS) is 9.43. The van der Waals surface area contributed by atoms with Gasteiger partial charge in [-0.2, -0.15) is 5.26 Å². The molecule has 0 spiro atoms. The van der Waals surface area contributed by atoms with E-state index in [0.717, 1.165) is 0 Å². The Balaban J connectivity index is 3.07. The maximum Gasteiger partial charge on any atom is 0.148 e. The Morgan fingerprint density at radius 3 is 2.86 bits per heavy atom. The van der Waals surface area contributed by atoms with Crippen molar-refractivity contribution >= 4 is 17.3 Å². The first kappa shape index (κ1) is 10.1. The number of hydrogen-bond donors (Lipinski definition) is 4. The molecule has 14 heavy (non-hydrogen) atoms. The van der Waals surface area contributed by atoms with E-state index in [4.69, 9.17) is 21.8 Å². The van der Waals surface area contributed by atoms with Gasteiger partial charge >= 0.3 is 0 Å². The average Bonchev–Trinajstić information content (AvgIpc) is 2.14. The topological polar surface area (TPSA) is 121 Å². The number of nitrogens with two attached hydrogens (primary N) is 2. The highest BCUT2D eigenvalue weighted by Crippen LogP contribution is 2.20. The van der Waals surface area contributed by atoms with Crippen molar-refractivity contribution < 1.29 is 5.11 Å². The number of nitrogens with one attached hydrogen (secondary N) is 1. The summed E-state index contributed by atoms with van der Waals surface area (Å²) in [6.45, 7) is 0.242. The molecule has 1 rings (SSSR count). The minimum absolute atomic E-state index is 0.0543. The van der Waals surface area contributed by atoms with Gasteiger partial charge in [-0.05, 0) is 0 Å². The summed E-state index contributed by atoms with van der Waals surface area (Å²) in [7, 11) is 0. The zero-order valence-electron chi connectivity index (χ0n) is 7.49. The maximum atomic E-state index is 8.78. The molecule has 0 unspecified atom stereocenters. The van der Waals surface area contributed by atoms with Crippen LogP contribution in [0.4, 0.5) is 17.3 Å². The predicted octanol–water partition coefficient (Wildman–Crippen LogP) is -0.478. The molecule has 0 bridgehead atoms. The van der Waals surface area contributed by atoms with Crippen LogP contribution < -0.4 is 16.8 Å². The van der Waals surface area contributed by atoms with Crippen LogP contribution in [-0.2, 0) is 0 Å². The standard InChI is InChI=1S/C8H11N5O/c9-4-5-6(10)3-7(11)13-8(5)12-1-2-14/h3,14H,1-2H2,(H5,10,11,12,13). The van der Waals surface area contributed by atoms with Crippen LogP contribution in [0, 0.1) is 11.3 Å². The van der Waals surface area contributed by atoms with E-state index in [1.807, 2.05) is 6.07 Å². The molecule has 0 radical (unpaired) electrons. The van der Waals surface area contributed by atoms with E-state index >= 15 is 0 Å². The quantitative estimate of drug-likeness (QED) is 0.514. The molecular formula is C8H11N5O. The van der Waals surface area contributed by atoms with Crippen LogP contribution in [-0.4, -0.2) is 23.2 Å². The molecule has 6 heteroatoms. The van der Waals surface area contributed by atoms with Crippen molar-refractivity contribution in [2.45, 2.75) is 0 Å². The average molecular weight is 193 g/mol. The smallest absolute Gasteiger partial charge is 0.148 e. The monoisotopic (exact) mass is 193 g/mol. The summed E-state index contributed by atoms with van der Waals surface area (Å²) in [5.41, 5.74) is 11.5. The van der Waals surface area contributed by atoms with E-state index in [2.05, 4.69) is 10.3 Å². The van der Waals surface area contributed by atoms with Crippen molar-refractivity contribution in [3.8, 4) is 6.07 Å². The van der Waals surface area contributed by atoms with Crippen LogP contribution in [0.15, 0.2) is 6.07 Å². The predicted molar refractivity (Wildman–Crippen MR) is 53.4 cm³/mol. The molecule has 0 aliphatic heterocycles. The minimum atomic E-state index is -0.0543. The van der Waals surface area contributed by atoms with E-state index < -0.39 is 0 Å². The molecule has 0 aliphatic rings. The molecular weight excluding hydrogens is 182 g/mol. The van der Waals surface area contributed by atoms with Crippen LogP contribution in [0.2, 0.25) is 0 Å². The summed E-state index contributed by atoms with van der Waals surface area (Å²) < 4.78 is 0.